The third kappa shape index (κ3) is 5.06. The Morgan fingerprint density at radius 2 is 1.95 bits per heavy atom. The van der Waals surface area contributed by atoms with Crippen LogP contribution in [0.15, 0.2) is 12.1 Å². The fourth-order valence-corrected chi connectivity index (χ4v) is 1.97. The highest BCUT2D eigenvalue weighted by atomic mass is 16.2. The summed E-state index contributed by atoms with van der Waals surface area (Å²) >= 11 is 0. The molecule has 1 aromatic heterocycles. The molecule has 2 amide bonds. The number of aromatic nitrogens is 1. The van der Waals surface area contributed by atoms with Crippen molar-refractivity contribution in [3.8, 4) is 0 Å². The first-order valence-electron chi connectivity index (χ1n) is 6.95. The molecule has 0 saturated carbocycles. The molecule has 0 aliphatic heterocycles. The van der Waals surface area contributed by atoms with Crippen molar-refractivity contribution in [1.82, 2.24) is 10.3 Å². The number of hydrogen-bond donors (Lipinski definition) is 3. The van der Waals surface area contributed by atoms with Crippen molar-refractivity contribution in [3.05, 3.63) is 23.4 Å². The van der Waals surface area contributed by atoms with Crippen molar-refractivity contribution < 1.29 is 9.59 Å². The molecule has 1 rings (SSSR count). The molecule has 1 heterocycles. The van der Waals surface area contributed by atoms with Crippen LogP contribution in [-0.2, 0) is 4.79 Å². The van der Waals surface area contributed by atoms with Gasteiger partial charge in [-0.25, -0.2) is 4.98 Å². The van der Waals surface area contributed by atoms with Gasteiger partial charge < -0.3 is 16.4 Å². The minimum absolute atomic E-state index is 0.0831. The van der Waals surface area contributed by atoms with Crippen LogP contribution in [0.1, 0.15) is 56.1 Å². The Hall–Kier alpha value is -2.11. The van der Waals surface area contributed by atoms with Crippen LogP contribution >= 0.6 is 0 Å². The summed E-state index contributed by atoms with van der Waals surface area (Å²) in [5, 5.41) is 5.77. The lowest BCUT2D eigenvalue weighted by Gasteiger charge is -2.25. The van der Waals surface area contributed by atoms with Gasteiger partial charge in [-0.2, -0.15) is 0 Å². The van der Waals surface area contributed by atoms with Crippen LogP contribution in [0.5, 0.6) is 0 Å². The zero-order valence-corrected chi connectivity index (χ0v) is 13.3. The molecule has 0 aliphatic carbocycles. The zero-order chi connectivity index (χ0) is 16.2. The molecular formula is C15H24N4O2. The molecule has 0 aliphatic rings. The number of nitrogens with two attached hydrogens (primary N) is 1. The number of anilines is 1. The first-order chi connectivity index (χ1) is 9.64. The number of pyridine rings is 1. The summed E-state index contributed by atoms with van der Waals surface area (Å²) in [7, 11) is 1.76. The second-order valence-electron chi connectivity index (χ2n) is 6.05. The number of carbonyl (C=O) groups is 2. The normalized spacial score (nSPS) is 11.3. The van der Waals surface area contributed by atoms with E-state index < -0.39 is 11.4 Å². The maximum absolute atomic E-state index is 12.4. The van der Waals surface area contributed by atoms with Crippen LogP contribution in [-0.4, -0.2) is 29.4 Å². The highest BCUT2D eigenvalue weighted by molar-refractivity contribution is 5.95. The van der Waals surface area contributed by atoms with E-state index in [9.17, 15) is 9.59 Å². The van der Waals surface area contributed by atoms with Crippen molar-refractivity contribution in [3.63, 3.8) is 0 Å². The van der Waals surface area contributed by atoms with Gasteiger partial charge in [0.25, 0.3) is 5.91 Å². The molecule has 0 spiro atoms. The van der Waals surface area contributed by atoms with Gasteiger partial charge in [-0.1, -0.05) is 13.8 Å². The lowest BCUT2D eigenvalue weighted by molar-refractivity contribution is -0.119. The second-order valence-corrected chi connectivity index (χ2v) is 6.05. The lowest BCUT2D eigenvalue weighted by Crippen LogP contribution is -2.46. The molecular weight excluding hydrogens is 268 g/mol. The van der Waals surface area contributed by atoms with Gasteiger partial charge in [-0.3, -0.25) is 9.59 Å². The first-order valence-corrected chi connectivity index (χ1v) is 6.95. The summed E-state index contributed by atoms with van der Waals surface area (Å²) in [6.07, 6.45) is 0.0831. The maximum Gasteiger partial charge on any atom is 0.251 e. The van der Waals surface area contributed by atoms with E-state index >= 15 is 0 Å². The molecule has 0 unspecified atom stereocenters. The summed E-state index contributed by atoms with van der Waals surface area (Å²) in [6, 6.07) is 3.45. The van der Waals surface area contributed by atoms with Crippen molar-refractivity contribution in [2.75, 3.05) is 12.4 Å². The molecule has 1 aromatic rings. The third-order valence-corrected chi connectivity index (χ3v) is 3.02. The summed E-state index contributed by atoms with van der Waals surface area (Å²) in [5.41, 5.74) is 5.84. The number of carbonyl (C=O) groups excluding carboxylic acids is 2. The van der Waals surface area contributed by atoms with Gasteiger partial charge in [0.1, 0.15) is 5.82 Å². The molecule has 0 atom stereocenters. The zero-order valence-electron chi connectivity index (χ0n) is 13.3. The van der Waals surface area contributed by atoms with E-state index in [-0.39, 0.29) is 18.2 Å². The van der Waals surface area contributed by atoms with E-state index in [2.05, 4.69) is 15.6 Å². The molecule has 0 radical (unpaired) electrons. The highest BCUT2D eigenvalue weighted by Crippen LogP contribution is 2.18. The van der Waals surface area contributed by atoms with Crippen LogP contribution in [0.4, 0.5) is 5.82 Å². The molecule has 4 N–H and O–H groups in total. The number of rotatable bonds is 6. The van der Waals surface area contributed by atoms with Gasteiger partial charge in [0.2, 0.25) is 5.91 Å². The summed E-state index contributed by atoms with van der Waals surface area (Å²) in [6.45, 7) is 7.55. The smallest absolute Gasteiger partial charge is 0.251 e. The Morgan fingerprint density at radius 3 is 2.43 bits per heavy atom. The monoisotopic (exact) mass is 292 g/mol. The van der Waals surface area contributed by atoms with Gasteiger partial charge in [0, 0.05) is 30.3 Å². The average molecular weight is 292 g/mol. The Kier molecular flexibility index (Phi) is 5.29. The van der Waals surface area contributed by atoms with Crippen LogP contribution in [0.2, 0.25) is 0 Å². The topological polar surface area (TPSA) is 97.1 Å². The van der Waals surface area contributed by atoms with Crippen molar-refractivity contribution in [2.24, 2.45) is 5.73 Å². The number of nitrogens with one attached hydrogen (secondary N) is 2. The van der Waals surface area contributed by atoms with E-state index in [0.29, 0.717) is 11.4 Å². The van der Waals surface area contributed by atoms with Crippen LogP contribution in [0.25, 0.3) is 0 Å². The Bertz CT molecular complexity index is 538. The molecule has 0 aromatic carbocycles. The largest absolute Gasteiger partial charge is 0.373 e. The highest BCUT2D eigenvalue weighted by Gasteiger charge is 2.24. The van der Waals surface area contributed by atoms with Crippen molar-refractivity contribution >= 4 is 17.6 Å². The van der Waals surface area contributed by atoms with Crippen molar-refractivity contribution in [1.29, 1.82) is 0 Å². The Morgan fingerprint density at radius 1 is 1.33 bits per heavy atom. The fraction of sp³-hybridized carbons (Fsp3) is 0.533. The van der Waals surface area contributed by atoms with E-state index in [0.717, 1.165) is 5.69 Å². The minimum Gasteiger partial charge on any atom is -0.373 e. The third-order valence-electron chi connectivity index (χ3n) is 3.02. The maximum atomic E-state index is 12.4. The van der Waals surface area contributed by atoms with E-state index in [1.807, 2.05) is 13.8 Å². The molecule has 0 saturated heterocycles. The standard InChI is InChI=1S/C15H24N4O2/c1-9(2)11-6-10(7-13(17-5)18-11)14(21)19-15(3,4)8-12(16)20/h6-7,9H,8H2,1-5H3,(H2,16,20)(H,17,18)(H,19,21). The average Bonchev–Trinajstić information content (AvgIpc) is 2.35. The molecule has 116 valence electrons. The summed E-state index contributed by atoms with van der Waals surface area (Å²) < 4.78 is 0. The molecule has 6 heteroatoms. The predicted octanol–water partition coefficient (Wildman–Crippen LogP) is 1.63. The van der Waals surface area contributed by atoms with Crippen LogP contribution in [0.3, 0.4) is 0 Å². The number of amides is 2. The summed E-state index contributed by atoms with van der Waals surface area (Å²) in [4.78, 5) is 27.8. The fourth-order valence-electron chi connectivity index (χ4n) is 1.97. The molecule has 6 nitrogen and oxygen atoms in total. The second kappa shape index (κ2) is 6.56. The summed E-state index contributed by atoms with van der Waals surface area (Å²) in [5.74, 6) is 0.151. The SMILES string of the molecule is CNc1cc(C(=O)NC(C)(C)CC(N)=O)cc(C(C)C)n1. The number of nitrogens with zero attached hydrogens (tertiary/aromatic N) is 1. The Labute approximate surface area is 125 Å². The number of primary amides is 1. The van der Waals surface area contributed by atoms with E-state index in [4.69, 9.17) is 5.73 Å². The number of hydrogen-bond acceptors (Lipinski definition) is 4. The van der Waals surface area contributed by atoms with Gasteiger partial charge in [0.15, 0.2) is 0 Å². The van der Waals surface area contributed by atoms with Gasteiger partial charge in [-0.15, -0.1) is 0 Å². The lowest BCUT2D eigenvalue weighted by atomic mass is 9.99. The predicted molar refractivity (Wildman–Crippen MR) is 83.2 cm³/mol. The minimum atomic E-state index is -0.690. The molecule has 0 bridgehead atoms. The first kappa shape index (κ1) is 16.9. The van der Waals surface area contributed by atoms with E-state index in [1.165, 1.54) is 0 Å². The van der Waals surface area contributed by atoms with Gasteiger partial charge in [0.05, 0.1) is 0 Å². The van der Waals surface area contributed by atoms with Crippen LogP contribution in [0, 0.1) is 0 Å². The van der Waals surface area contributed by atoms with Crippen LogP contribution < -0.4 is 16.4 Å². The quantitative estimate of drug-likeness (QED) is 0.742. The van der Waals surface area contributed by atoms with Gasteiger partial charge in [-0.05, 0) is 31.9 Å². The van der Waals surface area contributed by atoms with Gasteiger partial charge >= 0.3 is 0 Å². The molecule has 21 heavy (non-hydrogen) atoms. The van der Waals surface area contributed by atoms with E-state index in [1.54, 1.807) is 33.0 Å². The van der Waals surface area contributed by atoms with Crippen molar-refractivity contribution in [2.45, 2.75) is 45.6 Å². The Balaban J connectivity index is 3.01. The molecule has 0 fully saturated rings.